The molecule has 1 rings (SSSR count). The molecule has 3 nitrogen and oxygen atoms in total. The second-order valence-corrected chi connectivity index (χ2v) is 2.87. The lowest BCUT2D eigenvalue weighted by atomic mass is 10.3. The topological polar surface area (TPSA) is 26.7 Å². The Kier molecular flexibility index (Phi) is 5.46. The minimum atomic E-state index is 0. The molecule has 0 aromatic rings. The zero-order valence-electron chi connectivity index (χ0n) is 6.58. The molecule has 3 heteroatoms. The van der Waals surface area contributed by atoms with Gasteiger partial charge in [-0.1, -0.05) is 7.43 Å². The van der Waals surface area contributed by atoms with Crippen molar-refractivity contribution in [2.75, 3.05) is 46.4 Å². The molecule has 0 aromatic heterocycles. The lowest BCUT2D eigenvalue weighted by molar-refractivity contribution is 0.128. The Morgan fingerprint density at radius 1 is 1.18 bits per heavy atom. The Labute approximate surface area is 69.6 Å². The maximum absolute atomic E-state index is 8.63. The molecule has 0 atom stereocenters. The van der Waals surface area contributed by atoms with Crippen LogP contribution in [0.3, 0.4) is 0 Å². The van der Waals surface area contributed by atoms with E-state index >= 15 is 0 Å². The summed E-state index contributed by atoms with van der Waals surface area (Å²) < 4.78 is 0. The fraction of sp³-hybridized carbons (Fsp3) is 1.00. The average Bonchev–Trinajstić information content (AvgIpc) is 1.95. The fourth-order valence-corrected chi connectivity index (χ4v) is 1.21. The third kappa shape index (κ3) is 3.70. The van der Waals surface area contributed by atoms with Gasteiger partial charge in [-0.3, -0.25) is 4.90 Å². The maximum Gasteiger partial charge on any atom is 0.0558 e. The van der Waals surface area contributed by atoms with Gasteiger partial charge in [-0.05, 0) is 7.05 Å². The van der Waals surface area contributed by atoms with Gasteiger partial charge in [-0.2, -0.15) is 0 Å². The molecule has 0 radical (unpaired) electrons. The highest BCUT2D eigenvalue weighted by Gasteiger charge is 2.11. The predicted molar refractivity (Wildman–Crippen MR) is 47.8 cm³/mol. The van der Waals surface area contributed by atoms with Gasteiger partial charge >= 0.3 is 0 Å². The summed E-state index contributed by atoms with van der Waals surface area (Å²) in [5.41, 5.74) is 0. The quantitative estimate of drug-likeness (QED) is 0.609. The van der Waals surface area contributed by atoms with Crippen molar-refractivity contribution in [1.29, 1.82) is 0 Å². The van der Waals surface area contributed by atoms with Gasteiger partial charge in [0, 0.05) is 32.7 Å². The Morgan fingerprint density at radius 2 is 1.73 bits per heavy atom. The number of likely N-dealkylation sites (N-methyl/N-ethyl adjacent to an activating group) is 1. The Morgan fingerprint density at radius 3 is 2.18 bits per heavy atom. The van der Waals surface area contributed by atoms with Crippen LogP contribution in [0.25, 0.3) is 0 Å². The van der Waals surface area contributed by atoms with Crippen molar-refractivity contribution >= 4 is 0 Å². The molecule has 0 spiro atoms. The zero-order valence-corrected chi connectivity index (χ0v) is 6.58. The average molecular weight is 160 g/mol. The minimum Gasteiger partial charge on any atom is -0.395 e. The summed E-state index contributed by atoms with van der Waals surface area (Å²) in [5, 5.41) is 8.63. The summed E-state index contributed by atoms with van der Waals surface area (Å²) in [5.74, 6) is 0. The van der Waals surface area contributed by atoms with E-state index in [0.29, 0.717) is 6.61 Å². The normalized spacial score (nSPS) is 21.3. The first-order chi connectivity index (χ1) is 4.83. The maximum atomic E-state index is 8.63. The molecule has 11 heavy (non-hydrogen) atoms. The predicted octanol–water partition coefficient (Wildman–Crippen LogP) is -0.138. The van der Waals surface area contributed by atoms with E-state index in [1.54, 1.807) is 0 Å². The van der Waals surface area contributed by atoms with Crippen LogP contribution < -0.4 is 0 Å². The van der Waals surface area contributed by atoms with Crippen molar-refractivity contribution in [2.24, 2.45) is 0 Å². The number of rotatable bonds is 2. The molecule has 0 amide bonds. The Bertz CT molecular complexity index is 90.1. The SMILES string of the molecule is C.CN1CCN(CCO)CC1. The number of β-amino-alcohol motifs (C(OH)–C–C–N with tert-alkyl or cyclic N) is 1. The highest BCUT2D eigenvalue weighted by Crippen LogP contribution is 1.96. The van der Waals surface area contributed by atoms with Crippen LogP contribution in [0.4, 0.5) is 0 Å². The van der Waals surface area contributed by atoms with E-state index in [4.69, 9.17) is 5.11 Å². The molecule has 0 aliphatic carbocycles. The van der Waals surface area contributed by atoms with Crippen LogP contribution in [-0.4, -0.2) is 61.3 Å². The van der Waals surface area contributed by atoms with E-state index in [9.17, 15) is 0 Å². The van der Waals surface area contributed by atoms with Crippen LogP contribution in [-0.2, 0) is 0 Å². The standard InChI is InChI=1S/C7H16N2O.CH4/c1-8-2-4-9(5-3-8)6-7-10;/h10H,2-7H2,1H3;1H4. The molecule has 1 fully saturated rings. The first kappa shape index (κ1) is 10.9. The fourth-order valence-electron chi connectivity index (χ4n) is 1.21. The van der Waals surface area contributed by atoms with E-state index in [1.807, 2.05) is 0 Å². The van der Waals surface area contributed by atoms with Crippen LogP contribution in [0.5, 0.6) is 0 Å². The Balaban J connectivity index is 0.000001000. The van der Waals surface area contributed by atoms with Crippen molar-refractivity contribution in [3.05, 3.63) is 0 Å². The molecule has 1 saturated heterocycles. The lowest BCUT2D eigenvalue weighted by Crippen LogP contribution is -2.45. The van der Waals surface area contributed by atoms with Crippen molar-refractivity contribution in [1.82, 2.24) is 9.80 Å². The molecule has 0 unspecified atom stereocenters. The Hall–Kier alpha value is -0.120. The first-order valence-corrected chi connectivity index (χ1v) is 3.84. The van der Waals surface area contributed by atoms with E-state index in [1.165, 1.54) is 0 Å². The summed E-state index contributed by atoms with van der Waals surface area (Å²) in [7, 11) is 2.14. The minimum absolute atomic E-state index is 0. The second-order valence-electron chi connectivity index (χ2n) is 2.87. The van der Waals surface area contributed by atoms with Gasteiger partial charge in [-0.25, -0.2) is 0 Å². The van der Waals surface area contributed by atoms with Gasteiger partial charge < -0.3 is 10.0 Å². The van der Waals surface area contributed by atoms with E-state index in [0.717, 1.165) is 32.7 Å². The van der Waals surface area contributed by atoms with Crippen molar-refractivity contribution in [2.45, 2.75) is 7.43 Å². The molecule has 68 valence electrons. The van der Waals surface area contributed by atoms with Crippen molar-refractivity contribution in [3.63, 3.8) is 0 Å². The molecular weight excluding hydrogens is 140 g/mol. The number of hydrogen-bond donors (Lipinski definition) is 1. The van der Waals surface area contributed by atoms with E-state index in [2.05, 4.69) is 16.8 Å². The molecule has 1 aliphatic rings. The van der Waals surface area contributed by atoms with Gasteiger partial charge in [0.1, 0.15) is 0 Å². The van der Waals surface area contributed by atoms with Gasteiger partial charge in [-0.15, -0.1) is 0 Å². The highest BCUT2D eigenvalue weighted by atomic mass is 16.3. The molecule has 1 aliphatic heterocycles. The number of nitrogens with zero attached hydrogens (tertiary/aromatic N) is 2. The van der Waals surface area contributed by atoms with Crippen molar-refractivity contribution in [3.8, 4) is 0 Å². The molecule has 0 aromatic carbocycles. The number of aliphatic hydroxyl groups is 1. The largest absolute Gasteiger partial charge is 0.395 e. The number of aliphatic hydroxyl groups excluding tert-OH is 1. The van der Waals surface area contributed by atoms with Crippen LogP contribution in [0.15, 0.2) is 0 Å². The molecule has 1 heterocycles. The van der Waals surface area contributed by atoms with Gasteiger partial charge in [0.25, 0.3) is 0 Å². The van der Waals surface area contributed by atoms with Gasteiger partial charge in [0.05, 0.1) is 6.61 Å². The third-order valence-electron chi connectivity index (χ3n) is 2.01. The van der Waals surface area contributed by atoms with E-state index < -0.39 is 0 Å². The molecule has 1 N–H and O–H groups in total. The van der Waals surface area contributed by atoms with Crippen LogP contribution in [0.2, 0.25) is 0 Å². The van der Waals surface area contributed by atoms with Crippen LogP contribution >= 0.6 is 0 Å². The number of piperazine rings is 1. The highest BCUT2D eigenvalue weighted by molar-refractivity contribution is 4.68. The summed E-state index contributed by atoms with van der Waals surface area (Å²) in [6.45, 7) is 5.63. The summed E-state index contributed by atoms with van der Waals surface area (Å²) >= 11 is 0. The van der Waals surface area contributed by atoms with Crippen molar-refractivity contribution < 1.29 is 5.11 Å². The zero-order chi connectivity index (χ0) is 7.40. The summed E-state index contributed by atoms with van der Waals surface area (Å²) in [6, 6.07) is 0. The monoisotopic (exact) mass is 160 g/mol. The summed E-state index contributed by atoms with van der Waals surface area (Å²) in [4.78, 5) is 4.61. The van der Waals surface area contributed by atoms with Crippen LogP contribution in [0, 0.1) is 0 Å². The lowest BCUT2D eigenvalue weighted by Gasteiger charge is -2.31. The third-order valence-corrected chi connectivity index (χ3v) is 2.01. The first-order valence-electron chi connectivity index (χ1n) is 3.84. The molecular formula is C8H20N2O. The van der Waals surface area contributed by atoms with Crippen LogP contribution in [0.1, 0.15) is 7.43 Å². The summed E-state index contributed by atoms with van der Waals surface area (Å²) in [6.07, 6.45) is 0. The second kappa shape index (κ2) is 5.52. The smallest absolute Gasteiger partial charge is 0.0558 e. The number of hydrogen-bond acceptors (Lipinski definition) is 3. The van der Waals surface area contributed by atoms with Gasteiger partial charge in [0.2, 0.25) is 0 Å². The molecule has 0 bridgehead atoms. The van der Waals surface area contributed by atoms with Gasteiger partial charge in [0.15, 0.2) is 0 Å². The molecule has 0 saturated carbocycles. The van der Waals surface area contributed by atoms with E-state index in [-0.39, 0.29) is 7.43 Å².